The third-order valence-electron chi connectivity index (χ3n) is 2.22. The molecule has 0 unspecified atom stereocenters. The van der Waals surface area contributed by atoms with Crippen LogP contribution in [0.4, 0.5) is 5.13 Å². The minimum atomic E-state index is 0.963. The van der Waals surface area contributed by atoms with E-state index in [-0.39, 0.29) is 0 Å². The Morgan fingerprint density at radius 3 is 3.07 bits per heavy atom. The Balaban J connectivity index is 1.94. The molecule has 0 aliphatic carbocycles. The van der Waals surface area contributed by atoms with Crippen LogP contribution in [0.5, 0.6) is 0 Å². The van der Waals surface area contributed by atoms with Crippen molar-refractivity contribution in [1.82, 2.24) is 14.6 Å². The molecule has 0 saturated heterocycles. The van der Waals surface area contributed by atoms with Gasteiger partial charge < -0.3 is 5.32 Å². The largest absolute Gasteiger partial charge is 0.360 e. The number of aryl methyl sites for hydroxylation is 1. The fourth-order valence-corrected chi connectivity index (χ4v) is 2.30. The maximum atomic E-state index is 4.39. The lowest BCUT2D eigenvalue weighted by molar-refractivity contribution is 0.742. The van der Waals surface area contributed by atoms with Crippen LogP contribution in [-0.4, -0.2) is 21.1 Å². The molecule has 0 radical (unpaired) electrons. The lowest BCUT2D eigenvalue weighted by Gasteiger charge is -1.99. The summed E-state index contributed by atoms with van der Waals surface area (Å²) in [7, 11) is 0. The molecule has 4 nitrogen and oxygen atoms in total. The van der Waals surface area contributed by atoms with Gasteiger partial charge in [0.2, 0.25) is 10.1 Å². The van der Waals surface area contributed by atoms with E-state index in [1.807, 2.05) is 17.6 Å². The summed E-state index contributed by atoms with van der Waals surface area (Å²) in [6, 6.07) is 0. The van der Waals surface area contributed by atoms with Crippen molar-refractivity contribution < 1.29 is 0 Å². The van der Waals surface area contributed by atoms with Crippen LogP contribution in [0.15, 0.2) is 6.20 Å². The van der Waals surface area contributed by atoms with Gasteiger partial charge in [-0.05, 0) is 13.3 Å². The van der Waals surface area contributed by atoms with E-state index in [1.54, 1.807) is 11.3 Å². The molecule has 2 heterocycles. The molecule has 0 spiro atoms. The zero-order valence-corrected chi connectivity index (χ0v) is 9.97. The number of fused-ring (bicyclic) bond motifs is 1. The van der Waals surface area contributed by atoms with E-state index in [0.29, 0.717) is 0 Å². The Hall–Kier alpha value is -1.10. The van der Waals surface area contributed by atoms with Gasteiger partial charge in [0.25, 0.3) is 0 Å². The average Bonchev–Trinajstić information content (AvgIpc) is 2.69. The molecule has 5 heteroatoms. The number of hydrogen-bond acceptors (Lipinski definition) is 4. The average molecular weight is 224 g/mol. The van der Waals surface area contributed by atoms with Gasteiger partial charge in [-0.15, -0.1) is 5.10 Å². The first-order valence-corrected chi connectivity index (χ1v) is 6.18. The predicted octanol–water partition coefficient (Wildman–Crippen LogP) is 2.70. The van der Waals surface area contributed by atoms with Crippen LogP contribution >= 0.6 is 11.3 Å². The highest BCUT2D eigenvalue weighted by atomic mass is 32.1. The SMILES string of the molecule is CCCCCNc1nn2cc(C)nc2s1. The van der Waals surface area contributed by atoms with Gasteiger partial charge in [-0.3, -0.25) is 0 Å². The van der Waals surface area contributed by atoms with E-state index < -0.39 is 0 Å². The molecule has 1 N–H and O–H groups in total. The standard InChI is InChI=1S/C10H16N4S/c1-3-4-5-6-11-9-13-14-7-8(2)12-10(14)15-9/h7H,3-6H2,1-2H3,(H,11,13). The second-order valence-corrected chi connectivity index (χ2v) is 4.61. The second-order valence-electron chi connectivity index (χ2n) is 3.65. The van der Waals surface area contributed by atoms with Crippen LogP contribution in [0.3, 0.4) is 0 Å². The van der Waals surface area contributed by atoms with Crippen LogP contribution in [0, 0.1) is 6.92 Å². The Morgan fingerprint density at radius 2 is 2.33 bits per heavy atom. The van der Waals surface area contributed by atoms with Crippen molar-refractivity contribution in [3.05, 3.63) is 11.9 Å². The first-order chi connectivity index (χ1) is 7.29. The van der Waals surface area contributed by atoms with Crippen LogP contribution in [0.2, 0.25) is 0 Å². The van der Waals surface area contributed by atoms with Gasteiger partial charge >= 0.3 is 0 Å². The molecule has 0 amide bonds. The summed E-state index contributed by atoms with van der Waals surface area (Å²) < 4.78 is 1.84. The van der Waals surface area contributed by atoms with E-state index in [4.69, 9.17) is 0 Å². The summed E-state index contributed by atoms with van der Waals surface area (Å²) in [4.78, 5) is 5.32. The van der Waals surface area contributed by atoms with Gasteiger partial charge in [0, 0.05) is 6.54 Å². The van der Waals surface area contributed by atoms with Crippen molar-refractivity contribution in [2.75, 3.05) is 11.9 Å². The number of imidazole rings is 1. The summed E-state index contributed by atoms with van der Waals surface area (Å²) in [5.74, 6) is 0. The zero-order valence-electron chi connectivity index (χ0n) is 9.16. The number of aromatic nitrogens is 3. The van der Waals surface area contributed by atoms with Crippen LogP contribution in [-0.2, 0) is 0 Å². The molecule has 82 valence electrons. The summed E-state index contributed by atoms with van der Waals surface area (Å²) in [5.41, 5.74) is 1.02. The summed E-state index contributed by atoms with van der Waals surface area (Å²) >= 11 is 1.61. The first kappa shape index (κ1) is 10.4. The normalized spacial score (nSPS) is 11.1. The number of hydrogen-bond donors (Lipinski definition) is 1. The molecule has 15 heavy (non-hydrogen) atoms. The quantitative estimate of drug-likeness (QED) is 0.794. The number of nitrogens with one attached hydrogen (secondary N) is 1. The summed E-state index contributed by atoms with van der Waals surface area (Å²) in [6.07, 6.45) is 5.68. The maximum absolute atomic E-state index is 4.39. The molecule has 2 aromatic heterocycles. The van der Waals surface area contributed by atoms with Crippen molar-refractivity contribution in [3.8, 4) is 0 Å². The second kappa shape index (κ2) is 4.61. The van der Waals surface area contributed by atoms with Gasteiger partial charge in [0.15, 0.2) is 0 Å². The molecular formula is C10H16N4S. The van der Waals surface area contributed by atoms with Crippen molar-refractivity contribution >= 4 is 21.4 Å². The predicted molar refractivity (Wildman–Crippen MR) is 63.6 cm³/mol. The topological polar surface area (TPSA) is 42.2 Å². The highest BCUT2D eigenvalue weighted by Crippen LogP contribution is 2.18. The molecule has 0 bridgehead atoms. The minimum Gasteiger partial charge on any atom is -0.360 e. The highest BCUT2D eigenvalue weighted by molar-refractivity contribution is 7.20. The smallest absolute Gasteiger partial charge is 0.214 e. The zero-order chi connectivity index (χ0) is 10.7. The lowest BCUT2D eigenvalue weighted by atomic mass is 10.2. The van der Waals surface area contributed by atoms with Crippen molar-refractivity contribution in [3.63, 3.8) is 0 Å². The third-order valence-corrected chi connectivity index (χ3v) is 3.10. The molecule has 2 rings (SSSR count). The highest BCUT2D eigenvalue weighted by Gasteiger charge is 2.04. The molecule has 0 aliphatic rings. The number of unbranched alkanes of at least 4 members (excludes halogenated alkanes) is 2. The molecule has 2 aromatic rings. The van der Waals surface area contributed by atoms with E-state index in [1.165, 1.54) is 19.3 Å². The summed E-state index contributed by atoms with van der Waals surface area (Å²) in [5, 5.41) is 8.68. The van der Waals surface area contributed by atoms with Crippen molar-refractivity contribution in [2.24, 2.45) is 0 Å². The molecule has 0 aliphatic heterocycles. The van der Waals surface area contributed by atoms with Gasteiger partial charge in [0.1, 0.15) is 0 Å². The van der Waals surface area contributed by atoms with Crippen molar-refractivity contribution in [1.29, 1.82) is 0 Å². The van der Waals surface area contributed by atoms with E-state index in [2.05, 4.69) is 22.3 Å². The van der Waals surface area contributed by atoms with E-state index in [9.17, 15) is 0 Å². The summed E-state index contributed by atoms with van der Waals surface area (Å²) in [6.45, 7) is 5.19. The Labute approximate surface area is 93.3 Å². The monoisotopic (exact) mass is 224 g/mol. The van der Waals surface area contributed by atoms with E-state index >= 15 is 0 Å². The van der Waals surface area contributed by atoms with Crippen molar-refractivity contribution in [2.45, 2.75) is 33.1 Å². The number of rotatable bonds is 5. The maximum Gasteiger partial charge on any atom is 0.214 e. The molecular weight excluding hydrogens is 208 g/mol. The van der Waals surface area contributed by atoms with Gasteiger partial charge in [-0.1, -0.05) is 31.1 Å². The molecule has 0 saturated carbocycles. The van der Waals surface area contributed by atoms with E-state index in [0.717, 1.165) is 22.3 Å². The van der Waals surface area contributed by atoms with Crippen LogP contribution in [0.1, 0.15) is 31.9 Å². The molecule has 0 fully saturated rings. The van der Waals surface area contributed by atoms with Gasteiger partial charge in [0.05, 0.1) is 11.9 Å². The fraction of sp³-hybridized carbons (Fsp3) is 0.600. The Kier molecular flexibility index (Phi) is 3.20. The fourth-order valence-electron chi connectivity index (χ4n) is 1.45. The molecule has 0 aromatic carbocycles. The minimum absolute atomic E-state index is 0.963. The number of anilines is 1. The lowest BCUT2D eigenvalue weighted by Crippen LogP contribution is -2.01. The molecule has 0 atom stereocenters. The first-order valence-electron chi connectivity index (χ1n) is 5.36. The van der Waals surface area contributed by atoms with Crippen LogP contribution < -0.4 is 5.32 Å². The third kappa shape index (κ3) is 2.47. The Morgan fingerprint density at radius 1 is 1.47 bits per heavy atom. The van der Waals surface area contributed by atoms with Crippen LogP contribution in [0.25, 0.3) is 4.96 Å². The Bertz CT molecular complexity index is 400. The number of nitrogens with zero attached hydrogens (tertiary/aromatic N) is 3. The van der Waals surface area contributed by atoms with Gasteiger partial charge in [-0.25, -0.2) is 9.50 Å². The van der Waals surface area contributed by atoms with Gasteiger partial charge in [-0.2, -0.15) is 0 Å².